The Morgan fingerprint density at radius 1 is 1.12 bits per heavy atom. The molecule has 0 fully saturated rings. The number of thiophene rings is 2. The van der Waals surface area contributed by atoms with Crippen LogP contribution in [0, 0.1) is 6.92 Å². The van der Waals surface area contributed by atoms with Crippen molar-refractivity contribution in [1.29, 1.82) is 0 Å². The third-order valence-electron chi connectivity index (χ3n) is 5.22. The van der Waals surface area contributed by atoms with Gasteiger partial charge in [0, 0.05) is 16.2 Å². The summed E-state index contributed by atoms with van der Waals surface area (Å²) in [5, 5.41) is 13.1. The second-order valence-electron chi connectivity index (χ2n) is 11.2. The van der Waals surface area contributed by atoms with Crippen LogP contribution < -0.4 is 10.2 Å². The van der Waals surface area contributed by atoms with Crippen molar-refractivity contribution in [2.75, 3.05) is 17.8 Å². The van der Waals surface area contributed by atoms with E-state index in [1.165, 1.54) is 33.8 Å². The quantitative estimate of drug-likeness (QED) is 0.314. The van der Waals surface area contributed by atoms with Gasteiger partial charge in [0.2, 0.25) is 0 Å². The van der Waals surface area contributed by atoms with E-state index in [1.54, 1.807) is 41.5 Å². The number of amides is 2. The molecular formula is C26H36N4O7S3. The van der Waals surface area contributed by atoms with Gasteiger partial charge in [-0.15, -0.1) is 27.8 Å². The summed E-state index contributed by atoms with van der Waals surface area (Å²) in [7, 11) is -3.75. The van der Waals surface area contributed by atoms with Gasteiger partial charge in [-0.25, -0.2) is 9.59 Å². The minimum absolute atomic E-state index is 0.235. The van der Waals surface area contributed by atoms with Gasteiger partial charge < -0.3 is 14.8 Å². The predicted octanol–water partition coefficient (Wildman–Crippen LogP) is 5.41. The molecule has 0 radical (unpaired) electrons. The fourth-order valence-electron chi connectivity index (χ4n) is 3.61. The highest BCUT2D eigenvalue weighted by Crippen LogP contribution is 2.37. The Morgan fingerprint density at radius 2 is 1.80 bits per heavy atom. The van der Waals surface area contributed by atoms with Crippen LogP contribution in [0.1, 0.15) is 56.9 Å². The first-order valence-electron chi connectivity index (χ1n) is 12.5. The number of aryl methyl sites for hydroxylation is 1. The minimum Gasteiger partial charge on any atom is -0.444 e. The van der Waals surface area contributed by atoms with Gasteiger partial charge in [0.15, 0.2) is 0 Å². The minimum atomic E-state index is -3.75. The van der Waals surface area contributed by atoms with Crippen LogP contribution in [0.25, 0.3) is 10.2 Å². The fraction of sp³-hybridized carbons (Fsp3) is 0.538. The van der Waals surface area contributed by atoms with E-state index >= 15 is 0 Å². The van der Waals surface area contributed by atoms with Crippen molar-refractivity contribution in [3.8, 4) is 0 Å². The fourth-order valence-corrected chi connectivity index (χ4v) is 6.05. The number of hydrogen-bond donors (Lipinski definition) is 1. The Bertz CT molecular complexity index is 1440. The summed E-state index contributed by atoms with van der Waals surface area (Å²) in [4.78, 5) is 29.2. The van der Waals surface area contributed by atoms with Crippen molar-refractivity contribution in [3.05, 3.63) is 39.0 Å². The molecule has 3 heterocycles. The zero-order valence-electron chi connectivity index (χ0n) is 23.9. The molecule has 220 valence electrons. The lowest BCUT2D eigenvalue weighted by atomic mass is 10.1. The molecule has 0 aromatic carbocycles. The number of nitrogens with zero attached hydrogens (tertiary/aromatic N) is 3. The van der Waals surface area contributed by atoms with Crippen molar-refractivity contribution in [2.24, 2.45) is 0 Å². The van der Waals surface area contributed by atoms with Gasteiger partial charge in [0.1, 0.15) is 16.7 Å². The maximum atomic E-state index is 13.3. The van der Waals surface area contributed by atoms with E-state index in [0.29, 0.717) is 15.9 Å². The number of aromatic nitrogens is 2. The van der Waals surface area contributed by atoms with E-state index in [4.69, 9.17) is 13.7 Å². The molecule has 0 saturated heterocycles. The first-order valence-corrected chi connectivity index (χ1v) is 16.0. The highest BCUT2D eigenvalue weighted by molar-refractivity contribution is 7.85. The van der Waals surface area contributed by atoms with E-state index in [2.05, 4.69) is 15.5 Å². The number of ether oxygens (including phenoxy) is 2. The molecule has 0 bridgehead atoms. The number of alkyl carbamates (subject to hydrolysis) is 1. The second kappa shape index (κ2) is 12.4. The van der Waals surface area contributed by atoms with Crippen molar-refractivity contribution in [1.82, 2.24) is 15.5 Å². The topological polar surface area (TPSA) is 137 Å². The lowest BCUT2D eigenvalue weighted by Gasteiger charge is -2.27. The normalized spacial score (nSPS) is 13.2. The molecule has 3 aromatic rings. The Hall–Kier alpha value is -2.81. The van der Waals surface area contributed by atoms with Gasteiger partial charge >= 0.3 is 12.2 Å². The molecule has 1 N–H and O–H groups in total. The van der Waals surface area contributed by atoms with Crippen LogP contribution in [0.2, 0.25) is 0 Å². The monoisotopic (exact) mass is 612 g/mol. The third-order valence-corrected chi connectivity index (χ3v) is 7.97. The molecule has 3 aromatic heterocycles. The molecule has 0 aliphatic rings. The van der Waals surface area contributed by atoms with Gasteiger partial charge in [-0.1, -0.05) is 6.07 Å². The summed E-state index contributed by atoms with van der Waals surface area (Å²) in [6.45, 7) is 12.5. The summed E-state index contributed by atoms with van der Waals surface area (Å²) in [5.74, 6) is 0. The molecule has 40 heavy (non-hydrogen) atoms. The van der Waals surface area contributed by atoms with E-state index in [-0.39, 0.29) is 19.6 Å². The SMILES string of the molecule is Cc1c(C[C@H](COS(C)(=O)=O)NC(=O)OC(C)(C)C)sc2c(N(Cc3cccs3)C(=O)OC(C)(C)C)cnnc12. The summed E-state index contributed by atoms with van der Waals surface area (Å²) in [6, 6.07) is 3.13. The Morgan fingerprint density at radius 3 is 2.38 bits per heavy atom. The summed E-state index contributed by atoms with van der Waals surface area (Å²) >= 11 is 2.91. The first-order chi connectivity index (χ1) is 18.4. The summed E-state index contributed by atoms with van der Waals surface area (Å²) in [5.41, 5.74) is 0.484. The summed E-state index contributed by atoms with van der Waals surface area (Å²) in [6.07, 6.45) is 1.50. The number of rotatable bonds is 9. The molecule has 0 aliphatic carbocycles. The zero-order valence-corrected chi connectivity index (χ0v) is 26.4. The van der Waals surface area contributed by atoms with Crippen molar-refractivity contribution in [3.63, 3.8) is 0 Å². The molecule has 2 amide bonds. The van der Waals surface area contributed by atoms with E-state index in [0.717, 1.165) is 21.6 Å². The summed E-state index contributed by atoms with van der Waals surface area (Å²) < 4.78 is 40.2. The van der Waals surface area contributed by atoms with Crippen LogP contribution in [0.5, 0.6) is 0 Å². The van der Waals surface area contributed by atoms with Crippen molar-refractivity contribution >= 4 is 60.9 Å². The first kappa shape index (κ1) is 31.7. The van der Waals surface area contributed by atoms with Crippen LogP contribution in [0.4, 0.5) is 15.3 Å². The van der Waals surface area contributed by atoms with E-state index in [1.807, 2.05) is 24.4 Å². The molecule has 0 aliphatic heterocycles. The largest absolute Gasteiger partial charge is 0.444 e. The van der Waals surface area contributed by atoms with E-state index < -0.39 is 39.5 Å². The number of anilines is 1. The van der Waals surface area contributed by atoms with Crippen LogP contribution in [-0.2, 0) is 36.7 Å². The molecule has 0 saturated carbocycles. The molecule has 0 spiro atoms. The number of fused-ring (bicyclic) bond motifs is 1. The lowest BCUT2D eigenvalue weighted by molar-refractivity contribution is 0.0487. The number of nitrogens with one attached hydrogen (secondary N) is 1. The molecule has 0 unspecified atom stereocenters. The predicted molar refractivity (Wildman–Crippen MR) is 157 cm³/mol. The van der Waals surface area contributed by atoms with Crippen molar-refractivity contribution in [2.45, 2.75) is 78.7 Å². The lowest BCUT2D eigenvalue weighted by Crippen LogP contribution is -2.43. The van der Waals surface area contributed by atoms with Gasteiger partial charge in [-0.3, -0.25) is 9.08 Å². The molecule has 1 atom stereocenters. The Labute approximate surface area is 243 Å². The molecule has 11 nitrogen and oxygen atoms in total. The van der Waals surface area contributed by atoms with Gasteiger partial charge in [0.05, 0.1) is 42.0 Å². The third kappa shape index (κ3) is 9.39. The van der Waals surface area contributed by atoms with Crippen LogP contribution in [0.15, 0.2) is 23.7 Å². The van der Waals surface area contributed by atoms with Gasteiger partial charge in [-0.05, 0) is 65.5 Å². The van der Waals surface area contributed by atoms with Crippen LogP contribution >= 0.6 is 22.7 Å². The molecular weight excluding hydrogens is 577 g/mol. The Balaban J connectivity index is 1.99. The zero-order chi connectivity index (χ0) is 29.9. The number of carbonyl (C=O) groups is 2. The number of carbonyl (C=O) groups excluding carboxylic acids is 2. The van der Waals surface area contributed by atoms with Crippen LogP contribution in [0.3, 0.4) is 0 Å². The maximum Gasteiger partial charge on any atom is 0.415 e. The molecule has 14 heteroatoms. The van der Waals surface area contributed by atoms with Gasteiger partial charge in [-0.2, -0.15) is 13.5 Å². The smallest absolute Gasteiger partial charge is 0.415 e. The second-order valence-corrected chi connectivity index (χ2v) is 15.0. The highest BCUT2D eigenvalue weighted by Gasteiger charge is 2.28. The van der Waals surface area contributed by atoms with Crippen molar-refractivity contribution < 1.29 is 31.7 Å². The average molecular weight is 613 g/mol. The maximum absolute atomic E-state index is 13.3. The van der Waals surface area contributed by atoms with E-state index in [9.17, 15) is 18.0 Å². The molecule has 3 rings (SSSR count). The van der Waals surface area contributed by atoms with Gasteiger partial charge in [0.25, 0.3) is 10.1 Å². The number of hydrogen-bond acceptors (Lipinski definition) is 11. The Kier molecular flexibility index (Phi) is 9.81. The highest BCUT2D eigenvalue weighted by atomic mass is 32.2. The average Bonchev–Trinajstić information content (AvgIpc) is 3.41. The standard InChI is InChI=1S/C26H36N4O7S3/c1-16-20(12-17(15-35-40(8,33)34)28-23(31)36-25(2,3)4)39-22-19(13-27-29-21(16)22)30(14-18-10-9-11-38-18)24(32)37-26(5,6)7/h9-11,13,17H,12,14-15H2,1-8H3,(H,28,31)/t17-/m1/s1. The van der Waals surface area contributed by atoms with Crippen LogP contribution in [-0.4, -0.2) is 60.9 Å².